The number of aliphatic carboxylic acids is 2. The second-order valence-electron chi connectivity index (χ2n) is 20.7. The number of pyridine rings is 1. The van der Waals surface area contributed by atoms with Crippen LogP contribution in [0.3, 0.4) is 0 Å². The molecule has 8 N–H and O–H groups in total. The second kappa shape index (κ2) is 29.9. The summed E-state index contributed by atoms with van der Waals surface area (Å²) in [7, 11) is 2.94. The van der Waals surface area contributed by atoms with Gasteiger partial charge in [0.1, 0.15) is 77.2 Å². The number of fused-ring (bicyclic) bond motifs is 14. The average Bonchev–Trinajstić information content (AvgIpc) is 1.86. The highest BCUT2D eigenvalue weighted by atomic mass is 32.1. The number of unbranched alkanes of at least 4 members (excludes halogenated alkanes) is 1. The maximum Gasteiger partial charge on any atom is 0.412 e. The summed E-state index contributed by atoms with van der Waals surface area (Å²) >= 11 is 7.09. The highest BCUT2D eigenvalue weighted by Gasteiger charge is 2.33. The summed E-state index contributed by atoms with van der Waals surface area (Å²) in [4.78, 5) is 140. The summed E-state index contributed by atoms with van der Waals surface area (Å²) in [5.74, 6) is -6.07. The largest absolute Gasteiger partial charge is 0.481 e. The fraction of sp³-hybridized carbons (Fsp3) is 0.362. The van der Waals surface area contributed by atoms with E-state index in [-0.39, 0.29) is 79.9 Å². The lowest BCUT2D eigenvalue weighted by molar-refractivity contribution is -0.142. The Morgan fingerprint density at radius 3 is 2.19 bits per heavy atom. The zero-order valence-electron chi connectivity index (χ0n) is 48.4. The zero-order valence-corrected chi connectivity index (χ0v) is 53.3. The number of aryl methyl sites for hydroxylation is 1. The molecule has 0 spiro atoms. The molecule has 1 aromatic carbocycles. The van der Waals surface area contributed by atoms with Crippen molar-refractivity contribution < 1.29 is 63.1 Å². The summed E-state index contributed by atoms with van der Waals surface area (Å²) < 4.78 is 10.8. The molecule has 0 fully saturated rings. The first-order chi connectivity index (χ1) is 42.8. The summed E-state index contributed by atoms with van der Waals surface area (Å²) in [6.07, 6.45) is -1.57. The minimum absolute atomic E-state index is 0.00429. The van der Waals surface area contributed by atoms with Gasteiger partial charge in [-0.1, -0.05) is 50.6 Å². The number of aliphatic hydroxyl groups excluding tert-OH is 1. The molecule has 31 heteroatoms. The summed E-state index contributed by atoms with van der Waals surface area (Å²) in [5.41, 5.74) is 2.56. The molecule has 8 heterocycles. The van der Waals surface area contributed by atoms with Crippen LogP contribution < -0.4 is 26.6 Å². The minimum Gasteiger partial charge on any atom is -0.481 e. The number of carbonyl (C=O) groups excluding carboxylic acids is 6. The van der Waals surface area contributed by atoms with E-state index in [0.717, 1.165) is 34.0 Å². The molecule has 10 bridgehead atoms. The van der Waals surface area contributed by atoms with Gasteiger partial charge >= 0.3 is 18.0 Å². The number of methoxy groups -OCH3 is 1. The van der Waals surface area contributed by atoms with E-state index in [1.807, 2.05) is 13.8 Å². The monoisotopic (exact) mass is 1320 g/mol. The van der Waals surface area contributed by atoms with Crippen LogP contribution in [-0.2, 0) is 35.3 Å². The average molecular weight is 1330 g/mol. The van der Waals surface area contributed by atoms with E-state index < -0.39 is 78.2 Å². The standard InChI is InChI=1S/C58H60N12O13S6/c1-27(2)32-19-38(71)44-28(3)88-55(69-44)34(20-41(72)59-4)62-49(77)36-24-84-51(64-36)31-15-16-33(53-66-40(26-87-53)67-58(81)83-18-17-30(57(79)80)13-9-10-14-43(74)75)61-45(31)35-23-85-54(63-35)37-25-86-56(65-37)47(48(76)29-11-7-6-8-12-29)68-42(73)21-60-50(78)46-39(22-82-5)89-52(32)70-46/h6-8,11-12,15-16,23-27,30,32,34,47-48,76H,9-10,13-14,17-22H2,1-5H3,(H,59,72)(H,60,78)(H,62,77)(H,67,81)(H,68,73)(H,74,75)(H,79,80)/t30?,32?,34-,47-,48-/m0/s1. The molecule has 1 aliphatic rings. The lowest BCUT2D eigenvalue weighted by Gasteiger charge is -2.23. The number of rotatable bonds is 18. The van der Waals surface area contributed by atoms with Crippen LogP contribution in [0, 0.1) is 18.8 Å². The van der Waals surface area contributed by atoms with Crippen LogP contribution in [0.25, 0.3) is 43.4 Å². The van der Waals surface area contributed by atoms with Gasteiger partial charge < -0.3 is 46.1 Å². The van der Waals surface area contributed by atoms with Gasteiger partial charge in [0.25, 0.3) is 11.8 Å². The predicted molar refractivity (Wildman–Crippen MR) is 335 cm³/mol. The van der Waals surface area contributed by atoms with Gasteiger partial charge in [-0.05, 0) is 49.8 Å². The van der Waals surface area contributed by atoms with Crippen molar-refractivity contribution in [2.75, 3.05) is 32.6 Å². The molecule has 0 radical (unpaired) electrons. The number of hydrogen-bond donors (Lipinski definition) is 8. The van der Waals surface area contributed by atoms with Crippen molar-refractivity contribution in [2.24, 2.45) is 11.8 Å². The number of aromatic nitrogens is 7. The molecule has 25 nitrogen and oxygen atoms in total. The quantitative estimate of drug-likeness (QED) is 0.0370. The van der Waals surface area contributed by atoms with Crippen LogP contribution in [0.5, 0.6) is 0 Å². The van der Waals surface area contributed by atoms with Gasteiger partial charge in [0.15, 0.2) is 5.78 Å². The van der Waals surface area contributed by atoms with E-state index >= 15 is 0 Å². The van der Waals surface area contributed by atoms with Crippen LogP contribution in [0.2, 0.25) is 0 Å². The first-order valence-electron chi connectivity index (χ1n) is 27.8. The van der Waals surface area contributed by atoms with Crippen molar-refractivity contribution in [2.45, 2.75) is 96.4 Å². The van der Waals surface area contributed by atoms with Crippen LogP contribution in [0.15, 0.2) is 64.0 Å². The fourth-order valence-corrected chi connectivity index (χ4v) is 15.0. The van der Waals surface area contributed by atoms with Gasteiger partial charge in [-0.25, -0.2) is 39.7 Å². The molecule has 5 atom stereocenters. The number of hydrogen-bond acceptors (Lipinski definition) is 24. The van der Waals surface area contributed by atoms with Gasteiger partial charge in [0, 0.05) is 64.9 Å². The summed E-state index contributed by atoms with van der Waals surface area (Å²) in [6.45, 7) is 4.88. The highest BCUT2D eigenvalue weighted by Crippen LogP contribution is 2.41. The number of carbonyl (C=O) groups is 8. The third-order valence-corrected chi connectivity index (χ3v) is 19.9. The number of carboxylic acid groups (broad SMARTS) is 2. The lowest BCUT2D eigenvalue weighted by Crippen LogP contribution is -2.40. The molecule has 0 aliphatic carbocycles. The molecule has 7 aromatic heterocycles. The Labute approximate surface area is 532 Å². The van der Waals surface area contributed by atoms with Crippen LogP contribution in [0.4, 0.5) is 10.6 Å². The molecule has 9 rings (SSSR count). The summed E-state index contributed by atoms with van der Waals surface area (Å²) in [6, 6.07) is 10.0. The molecule has 466 valence electrons. The Balaban J connectivity index is 1.06. The van der Waals surface area contributed by atoms with Crippen molar-refractivity contribution in [3.05, 3.63) is 111 Å². The van der Waals surface area contributed by atoms with Crippen molar-refractivity contribution in [3.63, 3.8) is 0 Å². The van der Waals surface area contributed by atoms with E-state index in [2.05, 4.69) is 31.6 Å². The maximum absolute atomic E-state index is 14.4. The first kappa shape index (κ1) is 65.3. The Bertz CT molecular complexity index is 3890. The molecule has 8 aromatic rings. The summed E-state index contributed by atoms with van der Waals surface area (Å²) in [5, 5.41) is 53.1. The van der Waals surface area contributed by atoms with E-state index in [4.69, 9.17) is 44.5 Å². The normalized spacial score (nSPS) is 16.4. The molecular weight excluding hydrogens is 1270 g/mol. The number of carboxylic acids is 2. The Morgan fingerprint density at radius 2 is 1.45 bits per heavy atom. The van der Waals surface area contributed by atoms with Gasteiger partial charge in [-0.3, -0.25) is 38.9 Å². The molecule has 1 aliphatic heterocycles. The lowest BCUT2D eigenvalue weighted by atomic mass is 9.90. The molecular formula is C58H60N12O13S6. The Hall–Kier alpha value is -8.17. The van der Waals surface area contributed by atoms with Gasteiger partial charge in [-0.15, -0.1) is 68.0 Å². The number of aliphatic hydroxyl groups is 1. The van der Waals surface area contributed by atoms with Crippen LogP contribution >= 0.6 is 68.0 Å². The van der Waals surface area contributed by atoms with Crippen molar-refractivity contribution in [1.29, 1.82) is 0 Å². The third kappa shape index (κ3) is 16.4. The number of ketones is 1. The predicted octanol–water partition coefficient (Wildman–Crippen LogP) is 9.48. The molecule has 2 unspecified atom stereocenters. The molecule has 0 saturated carbocycles. The third-order valence-electron chi connectivity index (χ3n) is 14.1. The van der Waals surface area contributed by atoms with E-state index in [1.54, 1.807) is 70.9 Å². The number of thiazole rings is 6. The highest BCUT2D eigenvalue weighted by molar-refractivity contribution is 7.15. The number of benzene rings is 1. The van der Waals surface area contributed by atoms with Gasteiger partial charge in [0.2, 0.25) is 11.8 Å². The van der Waals surface area contributed by atoms with Crippen molar-refractivity contribution >= 4 is 121 Å². The SMILES string of the molecule is CNC(=O)C[C@@H]1NC(=O)c2csc(n2)-c2ccc(-c3nc(NC(=O)OCCC(CCCCC(=O)O)C(=O)O)cs3)nc2-c2csc(n2)-c2csc(n2)[C@H]([C@@H](O)c2ccccc2)NC(=O)CNC(=O)c2nc(sc2COC)C(C(C)C)CC(=O)c2nc1sc2C. The second-order valence-corrected chi connectivity index (χ2v) is 26.5. The minimum atomic E-state index is -1.30. The van der Waals surface area contributed by atoms with E-state index in [9.17, 15) is 48.6 Å². The first-order valence-corrected chi connectivity index (χ1v) is 33.0. The van der Waals surface area contributed by atoms with Crippen molar-refractivity contribution in [1.82, 2.24) is 56.2 Å². The van der Waals surface area contributed by atoms with Gasteiger partial charge in [-0.2, -0.15) is 0 Å². The van der Waals surface area contributed by atoms with Gasteiger partial charge in [0.05, 0.1) is 53.7 Å². The zero-order chi connectivity index (χ0) is 63.5. The number of amides is 5. The maximum atomic E-state index is 14.4. The smallest absolute Gasteiger partial charge is 0.412 e. The molecule has 89 heavy (non-hydrogen) atoms. The topological polar surface area (TPSA) is 366 Å². The number of Topliss-reactive ketones (excluding diaryl/α,β-unsaturated/α-hetero) is 1. The molecule has 0 saturated heterocycles. The van der Waals surface area contributed by atoms with Crippen LogP contribution in [-0.4, -0.2) is 125 Å². The Kier molecular flexibility index (Phi) is 21.9. The number of anilines is 1. The number of ether oxygens (including phenoxy) is 2. The van der Waals surface area contributed by atoms with E-state index in [1.165, 1.54) is 48.2 Å². The number of nitrogens with zero attached hydrogens (tertiary/aromatic N) is 7. The van der Waals surface area contributed by atoms with Crippen molar-refractivity contribution in [3.8, 4) is 43.4 Å². The van der Waals surface area contributed by atoms with Crippen LogP contribution in [0.1, 0.15) is 145 Å². The molecule has 5 amide bonds. The number of nitrogens with one attached hydrogen (secondary N) is 5. The fourth-order valence-electron chi connectivity index (χ4n) is 9.39. The Morgan fingerprint density at radius 1 is 0.730 bits per heavy atom. The van der Waals surface area contributed by atoms with E-state index in [0.29, 0.717) is 86.5 Å².